The summed E-state index contributed by atoms with van der Waals surface area (Å²) in [5, 5.41) is 5.70. The van der Waals surface area contributed by atoms with E-state index in [9.17, 15) is 0 Å². The summed E-state index contributed by atoms with van der Waals surface area (Å²) in [6.45, 7) is 0.268. The van der Waals surface area contributed by atoms with E-state index in [1.54, 1.807) is 18.4 Å². The number of hydrogen-bond acceptors (Lipinski definition) is 7. The molecule has 0 aliphatic rings. The average Bonchev–Trinajstić information content (AvgIpc) is 3.22. The second-order valence-corrected chi connectivity index (χ2v) is 5.91. The fourth-order valence-electron chi connectivity index (χ4n) is 2.27. The maximum Gasteiger partial charge on any atom is 0.168 e. The van der Waals surface area contributed by atoms with Gasteiger partial charge in [-0.2, -0.15) is 0 Å². The van der Waals surface area contributed by atoms with Gasteiger partial charge in [0, 0.05) is 5.39 Å². The first kappa shape index (κ1) is 13.7. The Kier molecular flexibility index (Phi) is 3.39. The van der Waals surface area contributed by atoms with Gasteiger partial charge in [-0.3, -0.25) is 0 Å². The van der Waals surface area contributed by atoms with Crippen LogP contribution in [0.4, 0.5) is 5.82 Å². The van der Waals surface area contributed by atoms with Crippen molar-refractivity contribution in [1.82, 2.24) is 9.97 Å². The third kappa shape index (κ3) is 2.62. The van der Waals surface area contributed by atoms with Crippen LogP contribution in [0.2, 0.25) is 0 Å². The molecule has 0 radical (unpaired) electrons. The fourth-order valence-corrected chi connectivity index (χ4v) is 3.29. The van der Waals surface area contributed by atoms with Crippen molar-refractivity contribution < 1.29 is 9.25 Å². The van der Waals surface area contributed by atoms with Gasteiger partial charge >= 0.3 is 0 Å². The molecule has 23 heavy (non-hydrogen) atoms. The van der Waals surface area contributed by atoms with Crippen LogP contribution in [0, 0.1) is 0 Å². The molecule has 0 atom stereocenters. The van der Waals surface area contributed by atoms with Crippen LogP contribution in [0.1, 0.15) is 10.8 Å². The molecule has 0 amide bonds. The lowest BCUT2D eigenvalue weighted by molar-refractivity contribution is 0.131. The molecule has 3 heterocycles. The molecule has 0 fully saturated rings. The third-order valence-corrected chi connectivity index (χ3v) is 4.35. The first-order valence-corrected chi connectivity index (χ1v) is 7.75. The van der Waals surface area contributed by atoms with Gasteiger partial charge in [0.15, 0.2) is 12.4 Å². The average molecular weight is 324 g/mol. The Hall–Kier alpha value is -2.93. The highest BCUT2D eigenvalue weighted by molar-refractivity contribution is 7.19. The molecule has 4 aromatic rings. The van der Waals surface area contributed by atoms with Crippen LogP contribution in [0.15, 0.2) is 52.2 Å². The number of fused-ring (bicyclic) bond motifs is 3. The van der Waals surface area contributed by atoms with Crippen LogP contribution in [0.5, 0.6) is 0 Å². The molecule has 3 aromatic heterocycles. The largest absolute Gasteiger partial charge is 0.463 e. The van der Waals surface area contributed by atoms with Crippen molar-refractivity contribution in [2.24, 2.45) is 5.16 Å². The summed E-state index contributed by atoms with van der Waals surface area (Å²) in [5.74, 6) is 1.06. The summed E-state index contributed by atoms with van der Waals surface area (Å²) < 4.78 is 6.15. The molecule has 0 aliphatic heterocycles. The lowest BCUT2D eigenvalue weighted by Crippen LogP contribution is -1.93. The van der Waals surface area contributed by atoms with Crippen molar-refractivity contribution in [3.8, 4) is 0 Å². The van der Waals surface area contributed by atoms with E-state index >= 15 is 0 Å². The number of aromatic nitrogens is 2. The minimum Gasteiger partial charge on any atom is -0.463 e. The van der Waals surface area contributed by atoms with Gasteiger partial charge in [0.05, 0.1) is 16.5 Å². The molecule has 114 valence electrons. The zero-order chi connectivity index (χ0) is 15.6. The van der Waals surface area contributed by atoms with E-state index in [1.165, 1.54) is 17.6 Å². The molecule has 7 heteroatoms. The predicted molar refractivity (Wildman–Crippen MR) is 90.4 cm³/mol. The highest BCUT2D eigenvalue weighted by atomic mass is 32.1. The normalized spacial score (nSPS) is 11.7. The van der Waals surface area contributed by atoms with Crippen LogP contribution in [0.25, 0.3) is 21.1 Å². The number of furan rings is 1. The monoisotopic (exact) mass is 324 g/mol. The quantitative estimate of drug-likeness (QED) is 0.458. The molecule has 0 aliphatic carbocycles. The molecular weight excluding hydrogens is 312 g/mol. The molecular formula is C16H12N4O2S. The summed E-state index contributed by atoms with van der Waals surface area (Å²) >= 11 is 1.54. The van der Waals surface area contributed by atoms with E-state index in [-0.39, 0.29) is 6.61 Å². The van der Waals surface area contributed by atoms with Crippen molar-refractivity contribution in [3.05, 3.63) is 53.4 Å². The second-order valence-electron chi connectivity index (χ2n) is 4.82. The molecule has 0 saturated carbocycles. The number of nitrogen functional groups attached to an aromatic ring is 1. The van der Waals surface area contributed by atoms with Gasteiger partial charge in [-0.1, -0.05) is 23.4 Å². The van der Waals surface area contributed by atoms with Gasteiger partial charge in [-0.05, 0) is 18.2 Å². The van der Waals surface area contributed by atoms with E-state index < -0.39 is 0 Å². The summed E-state index contributed by atoms with van der Waals surface area (Å²) in [7, 11) is 0. The Bertz CT molecular complexity index is 992. The Labute approximate surface area is 135 Å². The first-order chi connectivity index (χ1) is 11.3. The van der Waals surface area contributed by atoms with E-state index in [1.807, 2.05) is 24.3 Å². The van der Waals surface area contributed by atoms with Crippen molar-refractivity contribution in [2.75, 3.05) is 5.73 Å². The fraction of sp³-hybridized carbons (Fsp3) is 0.0625. The molecule has 0 unspecified atom stereocenters. The molecule has 0 saturated heterocycles. The van der Waals surface area contributed by atoms with Crippen LogP contribution in [-0.4, -0.2) is 16.2 Å². The second kappa shape index (κ2) is 5.69. The number of nitrogens with zero attached hydrogens (tertiary/aromatic N) is 3. The number of benzene rings is 1. The predicted octanol–water partition coefficient (Wildman–Crippen LogP) is 3.57. The lowest BCUT2D eigenvalue weighted by atomic mass is 10.2. The van der Waals surface area contributed by atoms with Crippen LogP contribution in [0.3, 0.4) is 0 Å². The Morgan fingerprint density at radius 1 is 1.22 bits per heavy atom. The van der Waals surface area contributed by atoms with Crippen molar-refractivity contribution in [1.29, 1.82) is 0 Å². The maximum absolute atomic E-state index is 6.00. The Morgan fingerprint density at radius 3 is 3.00 bits per heavy atom. The molecule has 6 nitrogen and oxygen atoms in total. The van der Waals surface area contributed by atoms with Crippen molar-refractivity contribution in [3.63, 3.8) is 0 Å². The van der Waals surface area contributed by atoms with Crippen LogP contribution < -0.4 is 5.73 Å². The van der Waals surface area contributed by atoms with Crippen molar-refractivity contribution in [2.45, 2.75) is 6.61 Å². The SMILES string of the molecule is Nc1nc2ccccc2c2sc(CO/N=C/c3ccco3)nc12. The summed E-state index contributed by atoms with van der Waals surface area (Å²) in [4.78, 5) is 14.2. The highest BCUT2D eigenvalue weighted by Gasteiger charge is 2.12. The standard InChI is InChI=1S/C16H12N4O2S/c17-16-14-15(11-5-1-2-6-12(11)19-16)23-13(20-14)9-22-18-8-10-4-3-7-21-10/h1-8H,9H2,(H2,17,19)/b18-8+. The van der Waals surface area contributed by atoms with Gasteiger partial charge in [0.1, 0.15) is 22.5 Å². The van der Waals surface area contributed by atoms with Crippen LogP contribution in [-0.2, 0) is 11.4 Å². The number of oxime groups is 1. The van der Waals surface area contributed by atoms with E-state index in [2.05, 4.69) is 15.1 Å². The molecule has 1 aromatic carbocycles. The molecule has 0 spiro atoms. The molecule has 2 N–H and O–H groups in total. The molecule has 0 bridgehead atoms. The van der Waals surface area contributed by atoms with Gasteiger partial charge in [-0.15, -0.1) is 11.3 Å². The van der Waals surface area contributed by atoms with Gasteiger partial charge < -0.3 is 15.0 Å². The first-order valence-electron chi connectivity index (χ1n) is 6.94. The summed E-state index contributed by atoms with van der Waals surface area (Å²) in [6.07, 6.45) is 3.09. The Morgan fingerprint density at radius 2 is 2.13 bits per heavy atom. The number of anilines is 1. The van der Waals surface area contributed by atoms with Crippen molar-refractivity contribution >= 4 is 44.5 Å². The Balaban J connectivity index is 1.61. The lowest BCUT2D eigenvalue weighted by Gasteiger charge is -1.99. The van der Waals surface area contributed by atoms with Crippen LogP contribution >= 0.6 is 11.3 Å². The number of nitrogens with two attached hydrogens (primary N) is 1. The minimum atomic E-state index is 0.268. The zero-order valence-electron chi connectivity index (χ0n) is 12.0. The summed E-state index contributed by atoms with van der Waals surface area (Å²) in [6, 6.07) is 11.5. The maximum atomic E-state index is 6.00. The third-order valence-electron chi connectivity index (χ3n) is 3.29. The van der Waals surface area contributed by atoms with Gasteiger partial charge in [0.2, 0.25) is 0 Å². The smallest absolute Gasteiger partial charge is 0.168 e. The number of hydrogen-bond donors (Lipinski definition) is 1. The molecule has 4 rings (SSSR count). The van der Waals surface area contributed by atoms with E-state index in [0.717, 1.165) is 20.6 Å². The van der Waals surface area contributed by atoms with Gasteiger partial charge in [0.25, 0.3) is 0 Å². The number of para-hydroxylation sites is 1. The highest BCUT2D eigenvalue weighted by Crippen LogP contribution is 2.32. The zero-order valence-corrected chi connectivity index (χ0v) is 12.8. The topological polar surface area (TPSA) is 86.5 Å². The number of pyridine rings is 1. The number of thiazole rings is 1. The minimum absolute atomic E-state index is 0.268. The van der Waals surface area contributed by atoms with Gasteiger partial charge in [-0.25, -0.2) is 9.97 Å². The number of rotatable bonds is 4. The van der Waals surface area contributed by atoms with E-state index in [0.29, 0.717) is 17.1 Å². The van der Waals surface area contributed by atoms with E-state index in [4.69, 9.17) is 15.0 Å². The summed E-state index contributed by atoms with van der Waals surface area (Å²) in [5.41, 5.74) is 7.58.